The van der Waals surface area contributed by atoms with Crippen LogP contribution in [-0.2, 0) is 32.9 Å². The Bertz CT molecular complexity index is 1320. The normalized spacial score (nSPS) is 13.9. The summed E-state index contributed by atoms with van der Waals surface area (Å²) in [5.74, 6) is 0.655. The van der Waals surface area contributed by atoms with E-state index in [1.807, 2.05) is 12.1 Å². The average Bonchev–Trinajstić information content (AvgIpc) is 2.83. The van der Waals surface area contributed by atoms with Gasteiger partial charge in [0.1, 0.15) is 5.75 Å². The van der Waals surface area contributed by atoms with Gasteiger partial charge in [-0.25, -0.2) is 16.8 Å². The Kier molecular flexibility index (Phi) is 6.62. The minimum Gasteiger partial charge on any atom is -0.497 e. The maximum atomic E-state index is 13.1. The zero-order valence-corrected chi connectivity index (χ0v) is 19.9. The highest BCUT2D eigenvalue weighted by Gasteiger charge is 2.29. The first-order chi connectivity index (χ1) is 15.8. The molecule has 33 heavy (non-hydrogen) atoms. The Morgan fingerprint density at radius 1 is 0.939 bits per heavy atom. The highest BCUT2D eigenvalue weighted by atomic mass is 32.2. The molecule has 1 aliphatic heterocycles. The second-order valence-corrected chi connectivity index (χ2v) is 11.6. The lowest BCUT2D eigenvalue weighted by Crippen LogP contribution is -2.35. The molecule has 0 amide bonds. The van der Waals surface area contributed by atoms with Crippen LogP contribution in [0.3, 0.4) is 0 Å². The fourth-order valence-corrected chi connectivity index (χ4v) is 6.53. The molecule has 3 aromatic rings. The van der Waals surface area contributed by atoms with Crippen LogP contribution in [-0.4, -0.2) is 36.2 Å². The highest BCUT2D eigenvalue weighted by Crippen LogP contribution is 2.34. The smallest absolute Gasteiger partial charge is 0.264 e. The van der Waals surface area contributed by atoms with E-state index >= 15 is 0 Å². The number of methoxy groups -OCH3 is 1. The van der Waals surface area contributed by atoms with Gasteiger partial charge >= 0.3 is 0 Å². The number of rotatable bonds is 8. The topological polar surface area (TPSA) is 92.8 Å². The predicted octanol–water partition coefficient (Wildman–Crippen LogP) is 3.82. The van der Waals surface area contributed by atoms with Gasteiger partial charge in [0.05, 0.1) is 23.4 Å². The van der Waals surface area contributed by atoms with Crippen molar-refractivity contribution in [2.45, 2.75) is 24.2 Å². The molecule has 0 radical (unpaired) electrons. The van der Waals surface area contributed by atoms with Crippen LogP contribution in [0.15, 0.2) is 77.7 Å². The Hall–Kier alpha value is -3.04. The number of benzene rings is 3. The third kappa shape index (κ3) is 5.31. The van der Waals surface area contributed by atoms with Gasteiger partial charge in [-0.15, -0.1) is 0 Å². The van der Waals surface area contributed by atoms with Crippen molar-refractivity contribution in [1.82, 2.24) is 0 Å². The van der Waals surface area contributed by atoms with Gasteiger partial charge in [0, 0.05) is 12.2 Å². The fourth-order valence-electron chi connectivity index (χ4n) is 3.87. The van der Waals surface area contributed by atoms with Gasteiger partial charge in [0.25, 0.3) is 10.0 Å². The van der Waals surface area contributed by atoms with E-state index in [9.17, 15) is 16.8 Å². The van der Waals surface area contributed by atoms with E-state index in [2.05, 4.69) is 4.72 Å². The number of nitrogens with one attached hydrogen (secondary N) is 1. The first kappa shape index (κ1) is 23.1. The summed E-state index contributed by atoms with van der Waals surface area (Å²) in [6, 6.07) is 20.6. The van der Waals surface area contributed by atoms with Crippen LogP contribution < -0.4 is 13.8 Å². The summed E-state index contributed by atoms with van der Waals surface area (Å²) in [4.78, 5) is 0.237. The molecule has 174 valence electrons. The Labute approximate surface area is 195 Å². The van der Waals surface area contributed by atoms with Crippen molar-refractivity contribution in [1.29, 1.82) is 0 Å². The Morgan fingerprint density at radius 3 is 2.36 bits per heavy atom. The number of sulfonamides is 2. The molecule has 1 heterocycles. The van der Waals surface area contributed by atoms with Gasteiger partial charge in [0.15, 0.2) is 0 Å². The molecule has 9 heteroatoms. The van der Waals surface area contributed by atoms with E-state index in [4.69, 9.17) is 4.74 Å². The van der Waals surface area contributed by atoms with Crippen molar-refractivity contribution in [2.75, 3.05) is 28.4 Å². The zero-order chi connectivity index (χ0) is 23.5. The van der Waals surface area contributed by atoms with E-state index in [0.717, 1.165) is 16.9 Å². The lowest BCUT2D eigenvalue weighted by Gasteiger charge is -2.31. The molecule has 4 rings (SSSR count). The van der Waals surface area contributed by atoms with Crippen molar-refractivity contribution < 1.29 is 21.6 Å². The summed E-state index contributed by atoms with van der Waals surface area (Å²) in [6.07, 6.45) is 1.71. The molecular formula is C24H26N2O5S2. The number of nitrogens with zero attached hydrogens (tertiary/aromatic N) is 1. The molecule has 1 N–H and O–H groups in total. The number of hydrogen-bond acceptors (Lipinski definition) is 5. The standard InChI is InChI=1S/C24H26N2O5S2/c1-31-22-12-9-19(10-13-22)15-17-32(27,28)25-21-11-14-24-20(18-21)6-5-16-26(24)33(29,30)23-7-3-2-4-8-23/h2-4,7-14,18,25H,5-6,15-17H2,1H3. The Morgan fingerprint density at radius 2 is 1.67 bits per heavy atom. The number of aryl methyl sites for hydroxylation is 2. The van der Waals surface area contributed by atoms with E-state index in [1.165, 1.54) is 4.31 Å². The first-order valence-corrected chi connectivity index (χ1v) is 13.7. The number of hydrogen-bond donors (Lipinski definition) is 1. The van der Waals surface area contributed by atoms with Crippen LogP contribution in [0, 0.1) is 0 Å². The molecule has 0 atom stereocenters. The quantitative estimate of drug-likeness (QED) is 0.523. The maximum absolute atomic E-state index is 13.1. The van der Waals surface area contributed by atoms with Gasteiger partial charge in [0.2, 0.25) is 10.0 Å². The van der Waals surface area contributed by atoms with Gasteiger partial charge in [-0.2, -0.15) is 0 Å². The summed E-state index contributed by atoms with van der Waals surface area (Å²) >= 11 is 0. The molecule has 0 spiro atoms. The van der Waals surface area contributed by atoms with Crippen LogP contribution in [0.2, 0.25) is 0 Å². The largest absolute Gasteiger partial charge is 0.497 e. The fraction of sp³-hybridized carbons (Fsp3) is 0.250. The van der Waals surface area contributed by atoms with Gasteiger partial charge < -0.3 is 4.74 Å². The summed E-state index contributed by atoms with van der Waals surface area (Å²) in [5.41, 5.74) is 2.72. The Balaban J connectivity index is 1.49. The maximum Gasteiger partial charge on any atom is 0.264 e. The number of fused-ring (bicyclic) bond motifs is 1. The second kappa shape index (κ2) is 9.44. The monoisotopic (exact) mass is 486 g/mol. The van der Waals surface area contributed by atoms with E-state index in [-0.39, 0.29) is 10.6 Å². The molecule has 0 saturated heterocycles. The molecule has 0 saturated carbocycles. The summed E-state index contributed by atoms with van der Waals surface area (Å²) in [6.45, 7) is 0.386. The molecule has 0 aliphatic carbocycles. The molecular weight excluding hydrogens is 460 g/mol. The molecule has 3 aromatic carbocycles. The minimum absolute atomic E-state index is 0.0646. The lowest BCUT2D eigenvalue weighted by atomic mass is 10.0. The zero-order valence-electron chi connectivity index (χ0n) is 18.3. The second-order valence-electron chi connectivity index (χ2n) is 7.86. The van der Waals surface area contributed by atoms with Crippen LogP contribution in [0.4, 0.5) is 11.4 Å². The van der Waals surface area contributed by atoms with Gasteiger partial charge in [-0.05, 0) is 72.9 Å². The van der Waals surface area contributed by atoms with Crippen molar-refractivity contribution >= 4 is 31.4 Å². The van der Waals surface area contributed by atoms with Gasteiger partial charge in [-0.1, -0.05) is 30.3 Å². The van der Waals surface area contributed by atoms with E-state index < -0.39 is 20.0 Å². The third-order valence-corrected chi connectivity index (χ3v) is 8.69. The third-order valence-electron chi connectivity index (χ3n) is 5.58. The molecule has 0 unspecified atom stereocenters. The van der Waals surface area contributed by atoms with Crippen LogP contribution in [0.1, 0.15) is 17.5 Å². The molecule has 0 fully saturated rings. The van der Waals surface area contributed by atoms with E-state index in [1.54, 1.807) is 67.8 Å². The van der Waals surface area contributed by atoms with Crippen molar-refractivity contribution in [3.05, 3.63) is 83.9 Å². The van der Waals surface area contributed by atoms with Crippen molar-refractivity contribution in [2.24, 2.45) is 0 Å². The minimum atomic E-state index is -3.68. The average molecular weight is 487 g/mol. The molecule has 1 aliphatic rings. The predicted molar refractivity (Wildman–Crippen MR) is 130 cm³/mol. The lowest BCUT2D eigenvalue weighted by molar-refractivity contribution is 0.414. The van der Waals surface area contributed by atoms with Crippen LogP contribution >= 0.6 is 0 Å². The van der Waals surface area contributed by atoms with Crippen molar-refractivity contribution in [3.8, 4) is 5.75 Å². The first-order valence-electron chi connectivity index (χ1n) is 10.6. The summed E-state index contributed by atoms with van der Waals surface area (Å²) in [5, 5.41) is 0. The SMILES string of the molecule is COc1ccc(CCS(=O)(=O)Nc2ccc3c(c2)CCCN3S(=O)(=O)c2ccccc2)cc1. The van der Waals surface area contributed by atoms with Crippen molar-refractivity contribution in [3.63, 3.8) is 0 Å². The highest BCUT2D eigenvalue weighted by molar-refractivity contribution is 7.93. The molecule has 0 aromatic heterocycles. The number of ether oxygens (including phenoxy) is 1. The van der Waals surface area contributed by atoms with Gasteiger partial charge in [-0.3, -0.25) is 9.03 Å². The molecule has 7 nitrogen and oxygen atoms in total. The summed E-state index contributed by atoms with van der Waals surface area (Å²) in [7, 11) is -5.67. The summed E-state index contributed by atoms with van der Waals surface area (Å²) < 4.78 is 60.7. The van der Waals surface area contributed by atoms with Crippen LogP contribution in [0.5, 0.6) is 5.75 Å². The number of anilines is 2. The van der Waals surface area contributed by atoms with E-state index in [0.29, 0.717) is 37.2 Å². The molecule has 0 bridgehead atoms. The van der Waals surface area contributed by atoms with Crippen LogP contribution in [0.25, 0.3) is 0 Å².